The van der Waals surface area contributed by atoms with Crippen LogP contribution in [0.5, 0.6) is 0 Å². The van der Waals surface area contributed by atoms with E-state index in [1.54, 1.807) is 0 Å². The van der Waals surface area contributed by atoms with Gasteiger partial charge in [-0.05, 0) is 17.9 Å². The number of ether oxygens (including phenoxy) is 1. The second-order valence-corrected chi connectivity index (χ2v) is 6.81. The number of piperidine rings is 1. The zero-order valence-corrected chi connectivity index (χ0v) is 14.8. The number of carbonyl (C=O) groups excluding carboxylic acids is 2. The van der Waals surface area contributed by atoms with E-state index in [-0.39, 0.29) is 24.5 Å². The molecule has 5 nitrogen and oxygen atoms in total. The maximum atomic E-state index is 12.3. The maximum Gasteiger partial charge on any atom is 0.407 e. The molecule has 0 saturated carbocycles. The molecule has 1 aliphatic rings. The Labute approximate surface area is 144 Å². The van der Waals surface area contributed by atoms with E-state index in [0.717, 1.165) is 24.9 Å². The molecule has 1 fully saturated rings. The van der Waals surface area contributed by atoms with Gasteiger partial charge in [-0.25, -0.2) is 4.79 Å². The summed E-state index contributed by atoms with van der Waals surface area (Å²) in [5, 5.41) is 2.92. The Kier molecular flexibility index (Phi) is 6.64. The molecule has 2 rings (SSSR count). The van der Waals surface area contributed by atoms with Crippen molar-refractivity contribution >= 4 is 12.0 Å². The van der Waals surface area contributed by atoms with Gasteiger partial charge in [-0.3, -0.25) is 4.79 Å². The monoisotopic (exact) mass is 332 g/mol. The van der Waals surface area contributed by atoms with Gasteiger partial charge in [-0.15, -0.1) is 0 Å². The summed E-state index contributed by atoms with van der Waals surface area (Å²) in [6, 6.07) is 9.55. The summed E-state index contributed by atoms with van der Waals surface area (Å²) < 4.78 is 5.29. The lowest BCUT2D eigenvalue weighted by Gasteiger charge is -2.38. The van der Waals surface area contributed by atoms with Crippen molar-refractivity contribution in [2.45, 2.75) is 46.3 Å². The molecular weight excluding hydrogens is 304 g/mol. The lowest BCUT2D eigenvalue weighted by molar-refractivity contribution is -0.136. The summed E-state index contributed by atoms with van der Waals surface area (Å²) >= 11 is 0. The molecule has 1 heterocycles. The first-order valence-electron chi connectivity index (χ1n) is 8.75. The number of hydrogen-bond donors (Lipinski definition) is 1. The third kappa shape index (κ3) is 5.25. The lowest BCUT2D eigenvalue weighted by atomic mass is 9.91. The zero-order valence-electron chi connectivity index (χ0n) is 14.8. The van der Waals surface area contributed by atoms with E-state index in [0.29, 0.717) is 12.5 Å². The van der Waals surface area contributed by atoms with E-state index in [4.69, 9.17) is 4.74 Å². The first-order valence-corrected chi connectivity index (χ1v) is 8.75. The molecule has 132 valence electrons. The predicted octanol–water partition coefficient (Wildman–Crippen LogP) is 3.20. The van der Waals surface area contributed by atoms with E-state index >= 15 is 0 Å². The highest BCUT2D eigenvalue weighted by molar-refractivity contribution is 5.78. The van der Waals surface area contributed by atoms with Crippen LogP contribution in [0, 0.1) is 11.8 Å². The second kappa shape index (κ2) is 8.71. The van der Waals surface area contributed by atoms with Gasteiger partial charge < -0.3 is 15.0 Å². The zero-order chi connectivity index (χ0) is 17.5. The number of amides is 2. The Morgan fingerprint density at radius 2 is 1.96 bits per heavy atom. The Morgan fingerprint density at radius 1 is 1.25 bits per heavy atom. The SMILES string of the molecule is CCC1CC(NC(=O)OCc2ccccc2)CN(C(=O)C(C)C)C1. The summed E-state index contributed by atoms with van der Waals surface area (Å²) in [4.78, 5) is 26.2. The van der Waals surface area contributed by atoms with E-state index < -0.39 is 6.09 Å². The fourth-order valence-electron chi connectivity index (χ4n) is 3.08. The van der Waals surface area contributed by atoms with Crippen molar-refractivity contribution in [2.24, 2.45) is 11.8 Å². The van der Waals surface area contributed by atoms with Crippen LogP contribution in [0.3, 0.4) is 0 Å². The minimum absolute atomic E-state index is 0.0220. The highest BCUT2D eigenvalue weighted by Gasteiger charge is 2.31. The molecule has 24 heavy (non-hydrogen) atoms. The normalized spacial score (nSPS) is 20.8. The van der Waals surface area contributed by atoms with Gasteiger partial charge in [-0.2, -0.15) is 0 Å². The smallest absolute Gasteiger partial charge is 0.407 e. The third-order valence-corrected chi connectivity index (χ3v) is 4.45. The number of benzene rings is 1. The summed E-state index contributed by atoms with van der Waals surface area (Å²) in [6.45, 7) is 7.55. The van der Waals surface area contributed by atoms with Gasteiger partial charge in [0.1, 0.15) is 6.61 Å². The molecule has 5 heteroatoms. The van der Waals surface area contributed by atoms with Gasteiger partial charge in [0.15, 0.2) is 0 Å². The first-order chi connectivity index (χ1) is 11.5. The van der Waals surface area contributed by atoms with Crippen LogP contribution in [0.2, 0.25) is 0 Å². The van der Waals surface area contributed by atoms with Gasteiger partial charge in [0.25, 0.3) is 0 Å². The van der Waals surface area contributed by atoms with Crippen LogP contribution in [0.4, 0.5) is 4.79 Å². The van der Waals surface area contributed by atoms with Crippen molar-refractivity contribution in [2.75, 3.05) is 13.1 Å². The quantitative estimate of drug-likeness (QED) is 0.901. The molecule has 1 saturated heterocycles. The van der Waals surface area contributed by atoms with E-state index in [1.807, 2.05) is 49.1 Å². The number of alkyl carbamates (subject to hydrolysis) is 1. The Morgan fingerprint density at radius 3 is 2.58 bits per heavy atom. The van der Waals surface area contributed by atoms with Crippen LogP contribution in [0.25, 0.3) is 0 Å². The van der Waals surface area contributed by atoms with Crippen LogP contribution in [0.1, 0.15) is 39.2 Å². The molecule has 0 bridgehead atoms. The van der Waals surface area contributed by atoms with Crippen molar-refractivity contribution in [3.8, 4) is 0 Å². The lowest BCUT2D eigenvalue weighted by Crippen LogP contribution is -2.53. The minimum atomic E-state index is -0.419. The van der Waals surface area contributed by atoms with Gasteiger partial charge in [0.2, 0.25) is 5.91 Å². The van der Waals surface area contributed by atoms with E-state index in [9.17, 15) is 9.59 Å². The molecule has 2 atom stereocenters. The average molecular weight is 332 g/mol. The molecule has 1 N–H and O–H groups in total. The molecule has 0 spiro atoms. The molecule has 0 aromatic heterocycles. The molecule has 1 aromatic carbocycles. The average Bonchev–Trinajstić information content (AvgIpc) is 2.59. The fourth-order valence-corrected chi connectivity index (χ4v) is 3.08. The highest BCUT2D eigenvalue weighted by Crippen LogP contribution is 2.21. The molecule has 0 radical (unpaired) electrons. The van der Waals surface area contributed by atoms with Crippen LogP contribution < -0.4 is 5.32 Å². The number of nitrogens with one attached hydrogen (secondary N) is 1. The Hall–Kier alpha value is -2.04. The molecular formula is C19H28N2O3. The summed E-state index contributed by atoms with van der Waals surface area (Å²) in [5.74, 6) is 0.546. The van der Waals surface area contributed by atoms with Crippen LogP contribution in [-0.4, -0.2) is 36.0 Å². The van der Waals surface area contributed by atoms with E-state index in [1.165, 1.54) is 0 Å². The Balaban J connectivity index is 1.87. The largest absolute Gasteiger partial charge is 0.445 e. The van der Waals surface area contributed by atoms with E-state index in [2.05, 4.69) is 12.2 Å². The van der Waals surface area contributed by atoms with Crippen LogP contribution in [0.15, 0.2) is 30.3 Å². The van der Waals surface area contributed by atoms with Gasteiger partial charge in [-0.1, -0.05) is 57.5 Å². The first kappa shape index (κ1) is 18.3. The standard InChI is InChI=1S/C19H28N2O3/c1-4-15-10-17(12-21(11-15)18(22)14(2)3)20-19(23)24-13-16-8-6-5-7-9-16/h5-9,14-15,17H,4,10-13H2,1-3H3,(H,20,23). The minimum Gasteiger partial charge on any atom is -0.445 e. The second-order valence-electron chi connectivity index (χ2n) is 6.81. The van der Waals surface area contributed by atoms with Crippen molar-refractivity contribution < 1.29 is 14.3 Å². The van der Waals surface area contributed by atoms with Crippen molar-refractivity contribution in [3.63, 3.8) is 0 Å². The van der Waals surface area contributed by atoms with Crippen LogP contribution in [-0.2, 0) is 16.1 Å². The highest BCUT2D eigenvalue weighted by atomic mass is 16.5. The number of rotatable bonds is 5. The van der Waals surface area contributed by atoms with Crippen molar-refractivity contribution in [1.82, 2.24) is 10.2 Å². The van der Waals surface area contributed by atoms with Gasteiger partial charge >= 0.3 is 6.09 Å². The summed E-state index contributed by atoms with van der Waals surface area (Å²) in [5.41, 5.74) is 0.958. The Bertz CT molecular complexity index is 545. The maximum absolute atomic E-state index is 12.3. The fraction of sp³-hybridized carbons (Fsp3) is 0.579. The topological polar surface area (TPSA) is 58.6 Å². The number of nitrogens with zero attached hydrogens (tertiary/aromatic N) is 1. The molecule has 2 unspecified atom stereocenters. The third-order valence-electron chi connectivity index (χ3n) is 4.45. The number of likely N-dealkylation sites (tertiary alicyclic amines) is 1. The van der Waals surface area contributed by atoms with Gasteiger partial charge in [0, 0.05) is 19.0 Å². The molecule has 0 aliphatic carbocycles. The van der Waals surface area contributed by atoms with Crippen molar-refractivity contribution in [3.05, 3.63) is 35.9 Å². The van der Waals surface area contributed by atoms with Gasteiger partial charge in [0.05, 0.1) is 6.04 Å². The summed E-state index contributed by atoms with van der Waals surface area (Å²) in [6.07, 6.45) is 1.47. The molecule has 1 aliphatic heterocycles. The molecule has 1 aromatic rings. The van der Waals surface area contributed by atoms with Crippen molar-refractivity contribution in [1.29, 1.82) is 0 Å². The predicted molar refractivity (Wildman–Crippen MR) is 93.4 cm³/mol. The van der Waals surface area contributed by atoms with Crippen LogP contribution >= 0.6 is 0 Å². The summed E-state index contributed by atoms with van der Waals surface area (Å²) in [7, 11) is 0. The molecule has 2 amide bonds. The number of carbonyl (C=O) groups is 2. The number of hydrogen-bond acceptors (Lipinski definition) is 3.